The van der Waals surface area contributed by atoms with Crippen LogP contribution < -0.4 is 0 Å². The molecular weight excluding hydrogens is 220 g/mol. The van der Waals surface area contributed by atoms with Crippen molar-refractivity contribution in [2.45, 2.75) is 36.9 Å². The molecule has 0 saturated carbocycles. The summed E-state index contributed by atoms with van der Waals surface area (Å²) in [5, 5.41) is 0. The van der Waals surface area contributed by atoms with Crippen molar-refractivity contribution in [1.29, 1.82) is 0 Å². The highest BCUT2D eigenvalue weighted by atomic mass is 32.1. The van der Waals surface area contributed by atoms with Gasteiger partial charge in [-0.3, -0.25) is 0 Å². The summed E-state index contributed by atoms with van der Waals surface area (Å²) in [6, 6.07) is 8.20. The molecule has 1 atom stereocenters. The lowest BCUT2D eigenvalue weighted by Crippen LogP contribution is -2.23. The maximum Gasteiger partial charge on any atom is 0.157 e. The average Bonchev–Trinajstić information content (AvgIpc) is 2.33. The van der Waals surface area contributed by atoms with Crippen molar-refractivity contribution >= 4 is 12.6 Å². The zero-order chi connectivity index (χ0) is 11.2. The van der Waals surface area contributed by atoms with Gasteiger partial charge >= 0.3 is 0 Å². The van der Waals surface area contributed by atoms with Crippen LogP contribution in [0.25, 0.3) is 0 Å². The predicted molar refractivity (Wildman–Crippen MR) is 66.9 cm³/mol. The molecule has 1 heterocycles. The summed E-state index contributed by atoms with van der Waals surface area (Å²) in [4.78, 5) is 1.00. The second-order valence-electron chi connectivity index (χ2n) is 4.08. The van der Waals surface area contributed by atoms with Crippen LogP contribution in [0.15, 0.2) is 29.2 Å². The summed E-state index contributed by atoms with van der Waals surface area (Å²) in [7, 11) is 0. The van der Waals surface area contributed by atoms with Gasteiger partial charge in [-0.15, -0.1) is 12.6 Å². The maximum atomic E-state index is 5.68. The van der Waals surface area contributed by atoms with E-state index in [2.05, 4.69) is 24.8 Å². The standard InChI is InChI=1S/C13H18O2S/c16-12-6-4-11(5-7-12)8-10-15-13-3-1-2-9-14-13/h4-7,13,16H,1-3,8-10H2. The molecule has 2 rings (SSSR count). The molecule has 0 amide bonds. The Morgan fingerprint density at radius 2 is 2.06 bits per heavy atom. The molecule has 0 spiro atoms. The molecule has 1 aromatic rings. The second kappa shape index (κ2) is 6.28. The number of thiol groups is 1. The third kappa shape index (κ3) is 3.81. The highest BCUT2D eigenvalue weighted by molar-refractivity contribution is 7.80. The van der Waals surface area contributed by atoms with Crippen LogP contribution in [0.4, 0.5) is 0 Å². The lowest BCUT2D eigenvalue weighted by Gasteiger charge is -2.22. The summed E-state index contributed by atoms with van der Waals surface area (Å²) in [5.41, 5.74) is 1.29. The SMILES string of the molecule is Sc1ccc(CCOC2CCCCO2)cc1. The Kier molecular flexibility index (Phi) is 4.69. The van der Waals surface area contributed by atoms with Crippen LogP contribution in [0.1, 0.15) is 24.8 Å². The van der Waals surface area contributed by atoms with Gasteiger partial charge in [0, 0.05) is 11.5 Å². The molecule has 1 fully saturated rings. The Labute approximate surface area is 102 Å². The molecule has 0 N–H and O–H groups in total. The molecule has 1 saturated heterocycles. The van der Waals surface area contributed by atoms with E-state index in [-0.39, 0.29) is 6.29 Å². The Hall–Kier alpha value is -0.510. The van der Waals surface area contributed by atoms with Gasteiger partial charge in [-0.25, -0.2) is 0 Å². The molecule has 0 radical (unpaired) electrons. The number of rotatable bonds is 4. The van der Waals surface area contributed by atoms with E-state index in [1.807, 2.05) is 12.1 Å². The van der Waals surface area contributed by atoms with Gasteiger partial charge < -0.3 is 9.47 Å². The van der Waals surface area contributed by atoms with Gasteiger partial charge in [-0.2, -0.15) is 0 Å². The molecule has 1 unspecified atom stereocenters. The molecule has 16 heavy (non-hydrogen) atoms. The minimum absolute atomic E-state index is 0.0258. The summed E-state index contributed by atoms with van der Waals surface area (Å²) in [5.74, 6) is 0. The van der Waals surface area contributed by atoms with Crippen molar-refractivity contribution < 1.29 is 9.47 Å². The fourth-order valence-corrected chi connectivity index (χ4v) is 1.96. The molecule has 0 aliphatic carbocycles. The summed E-state index contributed by atoms with van der Waals surface area (Å²) in [6.45, 7) is 1.58. The van der Waals surface area contributed by atoms with E-state index in [9.17, 15) is 0 Å². The number of benzene rings is 1. The first-order valence-corrected chi connectivity index (χ1v) is 6.30. The lowest BCUT2D eigenvalue weighted by atomic mass is 10.1. The van der Waals surface area contributed by atoms with Gasteiger partial charge in [0.15, 0.2) is 6.29 Å². The van der Waals surface area contributed by atoms with Crippen LogP contribution in [-0.2, 0) is 15.9 Å². The van der Waals surface area contributed by atoms with E-state index < -0.39 is 0 Å². The third-order valence-electron chi connectivity index (χ3n) is 2.77. The first-order valence-electron chi connectivity index (χ1n) is 5.86. The van der Waals surface area contributed by atoms with Crippen LogP contribution in [-0.4, -0.2) is 19.5 Å². The largest absolute Gasteiger partial charge is 0.353 e. The average molecular weight is 238 g/mol. The van der Waals surface area contributed by atoms with Crippen molar-refractivity contribution in [2.24, 2.45) is 0 Å². The van der Waals surface area contributed by atoms with Crippen LogP contribution in [0.2, 0.25) is 0 Å². The van der Waals surface area contributed by atoms with E-state index in [0.29, 0.717) is 0 Å². The Morgan fingerprint density at radius 1 is 1.25 bits per heavy atom. The topological polar surface area (TPSA) is 18.5 Å². The zero-order valence-corrected chi connectivity index (χ0v) is 10.3. The molecule has 1 aliphatic rings. The van der Waals surface area contributed by atoms with Gasteiger partial charge in [0.25, 0.3) is 0 Å². The first kappa shape index (κ1) is 12.0. The van der Waals surface area contributed by atoms with Gasteiger partial charge in [-0.05, 0) is 43.4 Å². The maximum absolute atomic E-state index is 5.68. The van der Waals surface area contributed by atoms with Gasteiger partial charge in [0.1, 0.15) is 0 Å². The third-order valence-corrected chi connectivity index (χ3v) is 3.07. The first-order chi connectivity index (χ1) is 7.84. The normalized spacial score (nSPS) is 20.9. The Balaban J connectivity index is 1.69. The fraction of sp³-hybridized carbons (Fsp3) is 0.538. The van der Waals surface area contributed by atoms with Crippen molar-refractivity contribution in [1.82, 2.24) is 0 Å². The predicted octanol–water partition coefficient (Wildman–Crippen LogP) is 3.06. The zero-order valence-electron chi connectivity index (χ0n) is 9.39. The van der Waals surface area contributed by atoms with E-state index in [4.69, 9.17) is 9.47 Å². The molecule has 2 nitrogen and oxygen atoms in total. The smallest absolute Gasteiger partial charge is 0.157 e. The van der Waals surface area contributed by atoms with Crippen LogP contribution in [0.3, 0.4) is 0 Å². The van der Waals surface area contributed by atoms with E-state index in [0.717, 1.165) is 31.0 Å². The van der Waals surface area contributed by atoms with Crippen LogP contribution in [0.5, 0.6) is 0 Å². The van der Waals surface area contributed by atoms with Gasteiger partial charge in [0.05, 0.1) is 6.61 Å². The fourth-order valence-electron chi connectivity index (χ4n) is 1.81. The minimum atomic E-state index is 0.0258. The summed E-state index contributed by atoms with van der Waals surface area (Å²) in [6.07, 6.45) is 4.39. The minimum Gasteiger partial charge on any atom is -0.353 e. The highest BCUT2D eigenvalue weighted by Gasteiger charge is 2.13. The van der Waals surface area contributed by atoms with Crippen molar-refractivity contribution in [2.75, 3.05) is 13.2 Å². The van der Waals surface area contributed by atoms with E-state index in [1.165, 1.54) is 18.4 Å². The molecule has 0 bridgehead atoms. The van der Waals surface area contributed by atoms with Gasteiger partial charge in [-0.1, -0.05) is 12.1 Å². The summed E-state index contributed by atoms with van der Waals surface area (Å²) >= 11 is 4.25. The van der Waals surface area contributed by atoms with E-state index >= 15 is 0 Å². The number of ether oxygens (including phenoxy) is 2. The molecule has 3 heteroatoms. The molecule has 1 aliphatic heterocycles. The molecular formula is C13H18O2S. The van der Waals surface area contributed by atoms with E-state index in [1.54, 1.807) is 0 Å². The van der Waals surface area contributed by atoms with Crippen molar-refractivity contribution in [3.63, 3.8) is 0 Å². The Morgan fingerprint density at radius 3 is 2.75 bits per heavy atom. The Bertz CT molecular complexity index is 304. The number of hydrogen-bond donors (Lipinski definition) is 1. The van der Waals surface area contributed by atoms with Gasteiger partial charge in [0.2, 0.25) is 0 Å². The van der Waals surface area contributed by atoms with Crippen molar-refractivity contribution in [3.8, 4) is 0 Å². The lowest BCUT2D eigenvalue weighted by molar-refractivity contribution is -0.161. The van der Waals surface area contributed by atoms with Crippen LogP contribution >= 0.6 is 12.6 Å². The summed E-state index contributed by atoms with van der Waals surface area (Å²) < 4.78 is 11.2. The molecule has 88 valence electrons. The quantitative estimate of drug-likeness (QED) is 0.813. The number of hydrogen-bond acceptors (Lipinski definition) is 3. The molecule has 0 aromatic heterocycles. The second-order valence-corrected chi connectivity index (χ2v) is 4.60. The van der Waals surface area contributed by atoms with Crippen molar-refractivity contribution in [3.05, 3.63) is 29.8 Å². The highest BCUT2D eigenvalue weighted by Crippen LogP contribution is 2.14. The molecule has 1 aromatic carbocycles. The monoisotopic (exact) mass is 238 g/mol. The van der Waals surface area contributed by atoms with Crippen LogP contribution in [0, 0.1) is 0 Å².